The summed E-state index contributed by atoms with van der Waals surface area (Å²) in [6, 6.07) is 15.0. The molecule has 3 aliphatic carbocycles. The third-order valence-electron chi connectivity index (χ3n) is 16.6. The highest BCUT2D eigenvalue weighted by Crippen LogP contribution is 2.54. The first kappa shape index (κ1) is 48.2. The number of aryl methyl sites for hydroxylation is 2. The van der Waals surface area contributed by atoms with E-state index in [4.69, 9.17) is 31.4 Å². The fourth-order valence-electron chi connectivity index (χ4n) is 12.6. The molecule has 6 heterocycles. The van der Waals surface area contributed by atoms with Crippen molar-refractivity contribution in [2.75, 3.05) is 31.1 Å². The van der Waals surface area contributed by atoms with E-state index in [-0.39, 0.29) is 47.4 Å². The van der Waals surface area contributed by atoms with Crippen molar-refractivity contribution in [1.82, 2.24) is 44.9 Å². The number of nitrogens with one attached hydrogen (secondary N) is 1. The van der Waals surface area contributed by atoms with Gasteiger partial charge in [0.05, 0.1) is 35.5 Å². The van der Waals surface area contributed by atoms with Crippen LogP contribution in [0.3, 0.4) is 0 Å². The first-order valence-electron chi connectivity index (χ1n) is 25.9. The molecule has 3 aliphatic heterocycles. The fourth-order valence-corrected chi connectivity index (χ4v) is 12.8. The summed E-state index contributed by atoms with van der Waals surface area (Å²) in [6.07, 6.45) is 14.9. The zero-order valence-corrected chi connectivity index (χ0v) is 41.8. The summed E-state index contributed by atoms with van der Waals surface area (Å²) < 4.78 is 45.9. The number of fused-ring (bicyclic) bond motifs is 2. The van der Waals surface area contributed by atoms with Crippen LogP contribution in [0.1, 0.15) is 141 Å². The molecule has 0 radical (unpaired) electrons. The summed E-state index contributed by atoms with van der Waals surface area (Å²) in [5.41, 5.74) is 6.24. The smallest absolute Gasteiger partial charge is 0.272 e. The average Bonchev–Trinajstić information content (AvgIpc) is 3.99. The van der Waals surface area contributed by atoms with Crippen LogP contribution in [-0.2, 0) is 31.2 Å². The molecular weight excluding hydrogens is 940 g/mol. The number of nitriles is 1. The van der Waals surface area contributed by atoms with E-state index < -0.39 is 6.43 Å². The quantitative estimate of drug-likeness (QED) is 0.134. The van der Waals surface area contributed by atoms with Crippen LogP contribution in [0.2, 0.25) is 5.02 Å². The van der Waals surface area contributed by atoms with Crippen molar-refractivity contribution in [2.24, 2.45) is 12.5 Å². The van der Waals surface area contributed by atoms with Gasteiger partial charge in [-0.1, -0.05) is 11.6 Å². The van der Waals surface area contributed by atoms with Crippen LogP contribution in [0.25, 0.3) is 11.1 Å². The van der Waals surface area contributed by atoms with Crippen LogP contribution in [0.15, 0.2) is 54.9 Å². The molecule has 15 nitrogen and oxygen atoms in total. The number of likely N-dealkylation sites (tertiary alicyclic amines) is 1. The Morgan fingerprint density at radius 2 is 1.68 bits per heavy atom. The maximum Gasteiger partial charge on any atom is 0.272 e. The highest BCUT2D eigenvalue weighted by molar-refractivity contribution is 6.31. The van der Waals surface area contributed by atoms with Gasteiger partial charge in [0.1, 0.15) is 17.9 Å². The number of carbonyl (C=O) groups is 2. The monoisotopic (exact) mass is 1000 g/mol. The zero-order chi connectivity index (χ0) is 49.7. The standard InChI is InChI=1S/C54H62ClF2N11O4/c1-33(69)66-23-17-48-45(32-66)52(67-20-3-4-34-24-43(36-30-59-64(2)31-36)44(51(56)57)26-49(34)67)63-68(48)38-15-21-65(22-16-38)39-27-54(28-39)18-13-41(14-19-54)72-50-12-11-47(61-62-50)53(70)60-37-6-9-40(10-7-37)71-42-8-5-35(29-58)46(55)25-42/h5,8,11-12,24-26,30-31,37-41,51H,3-4,6-7,9-10,13-23,27-28,32H2,1-2H3,(H,60,70). The Morgan fingerprint density at radius 1 is 0.903 bits per heavy atom. The molecule has 4 fully saturated rings. The fraction of sp³-hybridized carbons (Fsp3) is 0.537. The lowest BCUT2D eigenvalue weighted by molar-refractivity contribution is -0.129. The molecule has 0 bridgehead atoms. The van der Waals surface area contributed by atoms with Gasteiger partial charge in [-0.15, -0.1) is 10.2 Å². The van der Waals surface area contributed by atoms with Gasteiger partial charge < -0.3 is 29.5 Å². The van der Waals surface area contributed by atoms with Crippen LogP contribution >= 0.6 is 11.6 Å². The van der Waals surface area contributed by atoms with Gasteiger partial charge in [-0.25, -0.2) is 8.78 Å². The molecule has 6 aliphatic rings. The second kappa shape index (κ2) is 20.1. The molecule has 5 aromatic rings. The maximum atomic E-state index is 14.8. The number of hydrogen-bond acceptors (Lipinski definition) is 11. The van der Waals surface area contributed by atoms with Gasteiger partial charge in [0, 0.05) is 105 Å². The molecule has 0 unspecified atom stereocenters. The molecule has 1 saturated heterocycles. The third kappa shape index (κ3) is 9.76. The first-order chi connectivity index (χ1) is 34.9. The number of ether oxygens (including phenoxy) is 2. The lowest BCUT2D eigenvalue weighted by Gasteiger charge is -2.55. The molecule has 378 valence electrons. The Morgan fingerprint density at radius 3 is 2.36 bits per heavy atom. The Bertz CT molecular complexity index is 2850. The van der Waals surface area contributed by atoms with E-state index in [9.17, 15) is 18.4 Å². The number of amides is 2. The molecule has 1 spiro atoms. The predicted molar refractivity (Wildman–Crippen MR) is 266 cm³/mol. The molecule has 2 aromatic carbocycles. The van der Waals surface area contributed by atoms with Gasteiger partial charge in [-0.3, -0.25) is 19.0 Å². The average molecular weight is 1000 g/mol. The highest BCUT2D eigenvalue weighted by Gasteiger charge is 2.49. The van der Waals surface area contributed by atoms with Crippen molar-refractivity contribution in [3.63, 3.8) is 0 Å². The number of aromatic nitrogens is 6. The van der Waals surface area contributed by atoms with Gasteiger partial charge in [0.2, 0.25) is 11.8 Å². The number of alkyl halides is 2. The lowest BCUT2D eigenvalue weighted by Crippen LogP contribution is -2.54. The summed E-state index contributed by atoms with van der Waals surface area (Å²) in [5, 5.41) is 30.8. The Balaban J connectivity index is 0.661. The number of anilines is 2. The normalized spacial score (nSPS) is 24.6. The van der Waals surface area contributed by atoms with E-state index >= 15 is 0 Å². The van der Waals surface area contributed by atoms with Crippen LogP contribution < -0.4 is 19.7 Å². The van der Waals surface area contributed by atoms with Crippen molar-refractivity contribution in [1.29, 1.82) is 5.26 Å². The molecular formula is C54H62ClF2N11O4. The Labute approximate surface area is 423 Å². The number of benzene rings is 2. The number of nitrogens with zero attached hydrogens (tertiary/aromatic N) is 10. The zero-order valence-electron chi connectivity index (χ0n) is 41.0. The molecule has 3 aromatic heterocycles. The van der Waals surface area contributed by atoms with Gasteiger partial charge >= 0.3 is 0 Å². The second-order valence-corrected chi connectivity index (χ2v) is 21.5. The molecule has 72 heavy (non-hydrogen) atoms. The number of piperidine rings is 1. The van der Waals surface area contributed by atoms with E-state index in [1.165, 1.54) is 18.5 Å². The number of carbonyl (C=O) groups excluding carboxylic acids is 2. The first-order valence-corrected chi connectivity index (χ1v) is 26.3. The molecule has 18 heteroatoms. The largest absolute Gasteiger partial charge is 0.490 e. The summed E-state index contributed by atoms with van der Waals surface area (Å²) in [4.78, 5) is 32.5. The van der Waals surface area contributed by atoms with Crippen LogP contribution in [0.5, 0.6) is 11.6 Å². The molecule has 2 amide bonds. The van der Waals surface area contributed by atoms with Gasteiger partial charge in [0.25, 0.3) is 12.3 Å². The van der Waals surface area contributed by atoms with Crippen LogP contribution in [0, 0.1) is 16.7 Å². The third-order valence-corrected chi connectivity index (χ3v) is 16.9. The van der Waals surface area contributed by atoms with Crippen molar-refractivity contribution in [3.05, 3.63) is 93.5 Å². The number of hydrogen-bond donors (Lipinski definition) is 1. The van der Waals surface area contributed by atoms with E-state index in [0.29, 0.717) is 64.4 Å². The predicted octanol–water partition coefficient (Wildman–Crippen LogP) is 9.45. The van der Waals surface area contributed by atoms with Crippen molar-refractivity contribution < 1.29 is 27.8 Å². The van der Waals surface area contributed by atoms with Crippen molar-refractivity contribution in [2.45, 2.75) is 147 Å². The highest BCUT2D eigenvalue weighted by atomic mass is 35.5. The maximum absolute atomic E-state index is 14.8. The van der Waals surface area contributed by atoms with Gasteiger partial charge in [0.15, 0.2) is 11.5 Å². The topological polar surface area (TPSA) is 160 Å². The minimum absolute atomic E-state index is 0.00774. The van der Waals surface area contributed by atoms with E-state index in [2.05, 4.69) is 41.2 Å². The van der Waals surface area contributed by atoms with Gasteiger partial charge in [-0.2, -0.15) is 15.5 Å². The number of halogens is 3. The summed E-state index contributed by atoms with van der Waals surface area (Å²) in [5.74, 6) is 1.67. The molecule has 0 atom stereocenters. The van der Waals surface area contributed by atoms with Gasteiger partial charge in [-0.05, 0) is 137 Å². The Hall–Kier alpha value is -6.12. The molecule has 3 saturated carbocycles. The molecule has 1 N–H and O–H groups in total. The van der Waals surface area contributed by atoms with Crippen LogP contribution in [0.4, 0.5) is 20.3 Å². The lowest BCUT2D eigenvalue weighted by atomic mass is 9.57. The van der Waals surface area contributed by atoms with E-state index in [0.717, 1.165) is 119 Å². The minimum Gasteiger partial charge on any atom is -0.490 e. The SMILES string of the molecule is CC(=O)N1CCc2c(c(N3CCCc4cc(-c5cnn(C)c5)c(C(F)F)cc43)nn2C2CCN(C3CC4(CCC(Oc5ccc(C(=O)NC6CCC(Oc7ccc(C#N)c(Cl)c7)CC6)nn5)CC4)C3)CC2)C1. The van der Waals surface area contributed by atoms with Crippen molar-refractivity contribution in [3.8, 4) is 28.8 Å². The molecule has 11 rings (SSSR count). The van der Waals surface area contributed by atoms with E-state index in [1.807, 2.05) is 11.0 Å². The Kier molecular flexibility index (Phi) is 13.4. The van der Waals surface area contributed by atoms with E-state index in [1.54, 1.807) is 67.4 Å². The summed E-state index contributed by atoms with van der Waals surface area (Å²) in [7, 11) is 1.79. The van der Waals surface area contributed by atoms with Crippen molar-refractivity contribution >= 4 is 34.9 Å². The minimum atomic E-state index is -2.65. The number of rotatable bonds is 11. The van der Waals surface area contributed by atoms with Crippen LogP contribution in [-0.4, -0.2) is 102 Å². The summed E-state index contributed by atoms with van der Waals surface area (Å²) in [6.45, 7) is 5.40. The second-order valence-electron chi connectivity index (χ2n) is 21.1. The summed E-state index contributed by atoms with van der Waals surface area (Å²) >= 11 is 6.17.